The predicted octanol–water partition coefficient (Wildman–Crippen LogP) is 2.99. The highest BCUT2D eigenvalue weighted by atomic mass is 19.4. The molecule has 1 fully saturated rings. The summed E-state index contributed by atoms with van der Waals surface area (Å²) in [6.45, 7) is 2.30. The van der Waals surface area contributed by atoms with E-state index in [0.717, 1.165) is 12.8 Å². The van der Waals surface area contributed by atoms with Gasteiger partial charge in [0.05, 0.1) is 11.7 Å². The van der Waals surface area contributed by atoms with Gasteiger partial charge in [0, 0.05) is 29.7 Å². The summed E-state index contributed by atoms with van der Waals surface area (Å²) in [7, 11) is 0. The van der Waals surface area contributed by atoms with Crippen molar-refractivity contribution in [3.05, 3.63) is 35.5 Å². The van der Waals surface area contributed by atoms with Crippen LogP contribution in [-0.4, -0.2) is 41.7 Å². The van der Waals surface area contributed by atoms with Crippen molar-refractivity contribution < 1.29 is 27.5 Å². The Balaban J connectivity index is 1.87. The van der Waals surface area contributed by atoms with Crippen molar-refractivity contribution in [2.45, 2.75) is 38.6 Å². The van der Waals surface area contributed by atoms with Crippen molar-refractivity contribution in [3.63, 3.8) is 0 Å². The maximum atomic E-state index is 13.0. The molecule has 140 valence electrons. The van der Waals surface area contributed by atoms with Crippen molar-refractivity contribution in [1.29, 1.82) is 0 Å². The average molecular weight is 368 g/mol. The lowest BCUT2D eigenvalue weighted by molar-refractivity contribution is -0.122. The number of ether oxygens (including phenoxy) is 1. The number of nitrogens with zero attached hydrogens (tertiary/aromatic N) is 1. The summed E-state index contributed by atoms with van der Waals surface area (Å²) in [5.74, 6) is -2.24. The lowest BCUT2D eigenvalue weighted by Gasteiger charge is -2.13. The van der Waals surface area contributed by atoms with E-state index in [1.165, 1.54) is 17.6 Å². The van der Waals surface area contributed by atoms with Crippen LogP contribution < -0.4 is 5.32 Å². The predicted molar refractivity (Wildman–Crippen MR) is 89.0 cm³/mol. The third-order valence-corrected chi connectivity index (χ3v) is 4.57. The van der Waals surface area contributed by atoms with E-state index in [4.69, 9.17) is 4.74 Å². The number of fused-ring (bicyclic) bond motifs is 1. The fourth-order valence-corrected chi connectivity index (χ4v) is 3.30. The maximum absolute atomic E-state index is 13.0. The van der Waals surface area contributed by atoms with Gasteiger partial charge < -0.3 is 14.6 Å². The number of amides is 1. The first-order valence-corrected chi connectivity index (χ1v) is 8.36. The monoisotopic (exact) mass is 368 g/mol. The van der Waals surface area contributed by atoms with Crippen molar-refractivity contribution in [2.24, 2.45) is 0 Å². The Hall–Kier alpha value is -2.35. The number of halogens is 3. The molecule has 0 spiro atoms. The summed E-state index contributed by atoms with van der Waals surface area (Å²) >= 11 is 0. The molecule has 1 aromatic heterocycles. The highest BCUT2D eigenvalue weighted by Gasteiger charge is 2.42. The van der Waals surface area contributed by atoms with Crippen molar-refractivity contribution in [3.8, 4) is 0 Å². The zero-order valence-corrected chi connectivity index (χ0v) is 14.2. The first kappa shape index (κ1) is 18.4. The van der Waals surface area contributed by atoms with Gasteiger partial charge in [0.1, 0.15) is 6.54 Å². The van der Waals surface area contributed by atoms with Gasteiger partial charge in [-0.25, -0.2) is 0 Å². The molecule has 0 radical (unpaired) electrons. The zero-order chi connectivity index (χ0) is 18.9. The van der Waals surface area contributed by atoms with Crippen molar-refractivity contribution >= 4 is 22.6 Å². The number of aromatic nitrogens is 1. The number of carbonyl (C=O) groups excluding carboxylic acids is 2. The summed E-state index contributed by atoms with van der Waals surface area (Å²) in [5, 5.41) is 2.94. The molecule has 26 heavy (non-hydrogen) atoms. The quantitative estimate of drug-likeness (QED) is 0.826. The van der Waals surface area contributed by atoms with Crippen LogP contribution in [0.25, 0.3) is 10.9 Å². The van der Waals surface area contributed by atoms with Gasteiger partial charge in [0.25, 0.3) is 5.78 Å². The van der Waals surface area contributed by atoms with Crippen LogP contribution >= 0.6 is 0 Å². The molecule has 1 aliphatic heterocycles. The second-order valence-electron chi connectivity index (χ2n) is 6.33. The molecule has 2 heterocycles. The first-order valence-electron chi connectivity index (χ1n) is 8.36. The molecule has 0 bridgehead atoms. The molecular formula is C18H19F3N2O3. The highest BCUT2D eigenvalue weighted by molar-refractivity contribution is 6.12. The SMILES string of the molecule is Cc1c(C(=O)C(F)(F)F)c2ccccc2n1CC(=O)NCC1CCCO1. The summed E-state index contributed by atoms with van der Waals surface area (Å²) in [4.78, 5) is 24.1. The molecule has 1 amide bonds. The number of hydrogen-bond donors (Lipinski definition) is 1. The normalized spacial score (nSPS) is 17.6. The number of rotatable bonds is 5. The lowest BCUT2D eigenvalue weighted by atomic mass is 10.1. The molecule has 2 aromatic rings. The van der Waals surface area contributed by atoms with E-state index < -0.39 is 17.5 Å². The molecule has 8 heteroatoms. The van der Waals surface area contributed by atoms with Gasteiger partial charge in [0.15, 0.2) is 0 Å². The molecule has 0 aliphatic carbocycles. The summed E-state index contributed by atoms with van der Waals surface area (Å²) < 4.78 is 45.7. The standard InChI is InChI=1S/C18H19F3N2O3/c1-11-16(17(25)18(19,20)21)13-6-2-3-7-14(13)23(11)10-15(24)22-9-12-5-4-8-26-12/h2-3,6-7,12H,4-5,8-10H2,1H3,(H,22,24). The van der Waals surface area contributed by atoms with E-state index in [-0.39, 0.29) is 29.6 Å². The fraction of sp³-hybridized carbons (Fsp3) is 0.444. The Labute approximate surface area is 148 Å². The van der Waals surface area contributed by atoms with Gasteiger partial charge in [-0.05, 0) is 25.8 Å². The number of alkyl halides is 3. The van der Waals surface area contributed by atoms with Crippen LogP contribution in [0.5, 0.6) is 0 Å². The molecule has 3 rings (SSSR count). The number of para-hydroxylation sites is 1. The van der Waals surface area contributed by atoms with E-state index in [1.807, 2.05) is 0 Å². The summed E-state index contributed by atoms with van der Waals surface area (Å²) in [6.07, 6.45) is -3.17. The molecule has 0 saturated carbocycles. The van der Waals surface area contributed by atoms with Crippen molar-refractivity contribution in [2.75, 3.05) is 13.2 Å². The van der Waals surface area contributed by atoms with Gasteiger partial charge >= 0.3 is 6.18 Å². The van der Waals surface area contributed by atoms with Crippen LogP contribution in [-0.2, 0) is 16.1 Å². The minimum Gasteiger partial charge on any atom is -0.376 e. The first-order chi connectivity index (χ1) is 12.3. The smallest absolute Gasteiger partial charge is 0.376 e. The highest BCUT2D eigenvalue weighted by Crippen LogP contribution is 2.31. The molecule has 1 atom stereocenters. The Bertz CT molecular complexity index is 836. The van der Waals surface area contributed by atoms with E-state index in [1.54, 1.807) is 18.2 Å². The number of nitrogens with one attached hydrogen (secondary N) is 1. The van der Waals surface area contributed by atoms with Crippen LogP contribution in [0.1, 0.15) is 28.9 Å². The molecule has 1 aliphatic rings. The van der Waals surface area contributed by atoms with Crippen LogP contribution in [0, 0.1) is 6.92 Å². The second kappa shape index (κ2) is 7.11. The third-order valence-electron chi connectivity index (χ3n) is 4.57. The molecule has 1 N–H and O–H groups in total. The topological polar surface area (TPSA) is 60.3 Å². The Morgan fingerprint density at radius 3 is 2.69 bits per heavy atom. The average Bonchev–Trinajstić information content (AvgIpc) is 3.19. The minimum atomic E-state index is -4.97. The van der Waals surface area contributed by atoms with Gasteiger partial charge in [-0.2, -0.15) is 13.2 Å². The molecule has 1 unspecified atom stereocenters. The minimum absolute atomic E-state index is 0.0242. The van der Waals surface area contributed by atoms with E-state index in [2.05, 4.69) is 5.32 Å². The number of ketones is 1. The number of Topliss-reactive ketones (excluding diaryl/α,β-unsaturated/α-hetero) is 1. The number of hydrogen-bond acceptors (Lipinski definition) is 3. The molecule has 5 nitrogen and oxygen atoms in total. The Morgan fingerprint density at radius 2 is 2.04 bits per heavy atom. The Morgan fingerprint density at radius 1 is 1.31 bits per heavy atom. The fourth-order valence-electron chi connectivity index (χ4n) is 3.30. The summed E-state index contributed by atoms with van der Waals surface area (Å²) in [5.41, 5.74) is 0.144. The molecular weight excluding hydrogens is 349 g/mol. The lowest BCUT2D eigenvalue weighted by Crippen LogP contribution is -2.34. The van der Waals surface area contributed by atoms with Crippen LogP contribution in [0.3, 0.4) is 0 Å². The van der Waals surface area contributed by atoms with Gasteiger partial charge in [-0.1, -0.05) is 18.2 Å². The summed E-state index contributed by atoms with van der Waals surface area (Å²) in [6, 6.07) is 6.28. The zero-order valence-electron chi connectivity index (χ0n) is 14.2. The van der Waals surface area contributed by atoms with Crippen LogP contribution in [0.15, 0.2) is 24.3 Å². The Kier molecular flexibility index (Phi) is 5.04. The van der Waals surface area contributed by atoms with Crippen LogP contribution in [0.2, 0.25) is 0 Å². The van der Waals surface area contributed by atoms with Gasteiger partial charge in [-0.3, -0.25) is 9.59 Å². The van der Waals surface area contributed by atoms with Gasteiger partial charge in [-0.15, -0.1) is 0 Å². The van der Waals surface area contributed by atoms with E-state index in [0.29, 0.717) is 18.7 Å². The van der Waals surface area contributed by atoms with E-state index >= 15 is 0 Å². The second-order valence-corrected chi connectivity index (χ2v) is 6.33. The maximum Gasteiger partial charge on any atom is 0.454 e. The largest absolute Gasteiger partial charge is 0.454 e. The van der Waals surface area contributed by atoms with Gasteiger partial charge in [0.2, 0.25) is 5.91 Å². The third kappa shape index (κ3) is 3.60. The molecule has 1 aromatic carbocycles. The van der Waals surface area contributed by atoms with Crippen LogP contribution in [0.4, 0.5) is 13.2 Å². The number of benzene rings is 1. The van der Waals surface area contributed by atoms with E-state index in [9.17, 15) is 22.8 Å². The molecule has 1 saturated heterocycles. The number of carbonyl (C=O) groups is 2. The van der Waals surface area contributed by atoms with Crippen molar-refractivity contribution in [1.82, 2.24) is 9.88 Å².